The molecule has 1 fully saturated rings. The number of carbonyl (C=O) groups excluding carboxylic acids is 1. The van der Waals surface area contributed by atoms with Gasteiger partial charge in [-0.25, -0.2) is 8.42 Å². The molecule has 0 aromatic heterocycles. The van der Waals surface area contributed by atoms with Crippen LogP contribution in [0.4, 0.5) is 0 Å². The molecule has 1 saturated heterocycles. The third-order valence-electron chi connectivity index (χ3n) is 5.17. The maximum atomic E-state index is 13.3. The van der Waals surface area contributed by atoms with Crippen molar-refractivity contribution in [3.63, 3.8) is 0 Å². The molecule has 150 valence electrons. The van der Waals surface area contributed by atoms with E-state index in [1.54, 1.807) is 17.0 Å². The second kappa shape index (κ2) is 7.88. The van der Waals surface area contributed by atoms with Crippen LogP contribution in [0.1, 0.15) is 48.7 Å². The third kappa shape index (κ3) is 4.95. The maximum absolute atomic E-state index is 13.3. The van der Waals surface area contributed by atoms with Gasteiger partial charge in [-0.2, -0.15) is 0 Å². The molecule has 0 saturated carbocycles. The van der Waals surface area contributed by atoms with Crippen LogP contribution in [0.25, 0.3) is 0 Å². The molecule has 1 aliphatic heterocycles. The lowest BCUT2D eigenvalue weighted by Crippen LogP contribution is -2.40. The summed E-state index contributed by atoms with van der Waals surface area (Å²) in [6, 6.07) is 14.6. The van der Waals surface area contributed by atoms with Crippen LogP contribution in [-0.2, 0) is 21.8 Å². The van der Waals surface area contributed by atoms with Crippen molar-refractivity contribution in [1.29, 1.82) is 0 Å². The molecular formula is C22H26ClNO3S. The molecule has 0 N–H and O–H groups in total. The molecule has 6 heteroatoms. The zero-order chi connectivity index (χ0) is 20.5. The van der Waals surface area contributed by atoms with Gasteiger partial charge in [-0.15, -0.1) is 0 Å². The second-order valence-electron chi connectivity index (χ2n) is 8.44. The van der Waals surface area contributed by atoms with Crippen molar-refractivity contribution in [3.8, 4) is 0 Å². The first-order valence-corrected chi connectivity index (χ1v) is 11.6. The fraction of sp³-hybridized carbons (Fsp3) is 0.409. The zero-order valence-corrected chi connectivity index (χ0v) is 18.1. The minimum absolute atomic E-state index is 0.00407. The molecule has 28 heavy (non-hydrogen) atoms. The molecule has 1 aliphatic rings. The van der Waals surface area contributed by atoms with Gasteiger partial charge >= 0.3 is 0 Å². The van der Waals surface area contributed by atoms with Crippen molar-refractivity contribution in [2.75, 3.05) is 11.5 Å². The Kier molecular flexibility index (Phi) is 5.87. The monoisotopic (exact) mass is 419 g/mol. The fourth-order valence-corrected chi connectivity index (χ4v) is 5.31. The smallest absolute Gasteiger partial charge is 0.254 e. The Morgan fingerprint density at radius 2 is 1.68 bits per heavy atom. The normalized spacial score (nSPS) is 18.8. The molecule has 1 heterocycles. The van der Waals surface area contributed by atoms with Gasteiger partial charge in [0.05, 0.1) is 11.5 Å². The van der Waals surface area contributed by atoms with Crippen LogP contribution in [0.2, 0.25) is 5.02 Å². The fourth-order valence-electron chi connectivity index (χ4n) is 3.45. The summed E-state index contributed by atoms with van der Waals surface area (Å²) in [5, 5.41) is 0.628. The van der Waals surface area contributed by atoms with E-state index in [4.69, 9.17) is 11.6 Å². The van der Waals surface area contributed by atoms with Gasteiger partial charge in [0, 0.05) is 23.2 Å². The zero-order valence-electron chi connectivity index (χ0n) is 16.5. The summed E-state index contributed by atoms with van der Waals surface area (Å²) in [5.41, 5.74) is 2.65. The van der Waals surface area contributed by atoms with E-state index >= 15 is 0 Å². The van der Waals surface area contributed by atoms with Gasteiger partial charge in [-0.1, -0.05) is 56.6 Å². The summed E-state index contributed by atoms with van der Waals surface area (Å²) in [6.45, 7) is 6.73. The highest BCUT2D eigenvalue weighted by molar-refractivity contribution is 7.91. The van der Waals surface area contributed by atoms with Crippen molar-refractivity contribution in [1.82, 2.24) is 4.90 Å². The molecule has 0 unspecified atom stereocenters. The summed E-state index contributed by atoms with van der Waals surface area (Å²) in [5.74, 6) is 0.00903. The molecule has 0 radical (unpaired) electrons. The Morgan fingerprint density at radius 3 is 2.18 bits per heavy atom. The van der Waals surface area contributed by atoms with E-state index in [2.05, 4.69) is 20.8 Å². The van der Waals surface area contributed by atoms with E-state index < -0.39 is 9.84 Å². The summed E-state index contributed by atoms with van der Waals surface area (Å²) in [4.78, 5) is 15.0. The summed E-state index contributed by atoms with van der Waals surface area (Å²) in [7, 11) is -3.10. The minimum Gasteiger partial charge on any atom is -0.330 e. The molecule has 3 rings (SSSR count). The standard InChI is InChI=1S/C22H26ClNO3S/c1-22(2,3)18-8-6-17(7-9-18)21(25)24(20-12-13-28(26,27)15-20)14-16-4-10-19(23)11-5-16/h4-11,20H,12-15H2,1-3H3/t20-/m0/s1. The van der Waals surface area contributed by atoms with Crippen LogP contribution in [-0.4, -0.2) is 36.8 Å². The van der Waals surface area contributed by atoms with E-state index in [0.717, 1.165) is 11.1 Å². The van der Waals surface area contributed by atoms with Crippen LogP contribution >= 0.6 is 11.6 Å². The van der Waals surface area contributed by atoms with Crippen molar-refractivity contribution < 1.29 is 13.2 Å². The molecule has 0 bridgehead atoms. The Bertz CT molecular complexity index is 945. The Morgan fingerprint density at radius 1 is 1.07 bits per heavy atom. The van der Waals surface area contributed by atoms with Gasteiger partial charge in [0.2, 0.25) is 0 Å². The lowest BCUT2D eigenvalue weighted by molar-refractivity contribution is 0.0681. The topological polar surface area (TPSA) is 54.5 Å². The van der Waals surface area contributed by atoms with E-state index in [0.29, 0.717) is 23.6 Å². The lowest BCUT2D eigenvalue weighted by atomic mass is 9.86. The van der Waals surface area contributed by atoms with Crippen molar-refractivity contribution in [2.24, 2.45) is 0 Å². The molecule has 0 spiro atoms. The molecule has 1 atom stereocenters. The minimum atomic E-state index is -3.10. The van der Waals surface area contributed by atoms with Crippen LogP contribution in [0.3, 0.4) is 0 Å². The maximum Gasteiger partial charge on any atom is 0.254 e. The van der Waals surface area contributed by atoms with Gasteiger partial charge in [-0.05, 0) is 47.2 Å². The Hall–Kier alpha value is -1.85. The van der Waals surface area contributed by atoms with Gasteiger partial charge < -0.3 is 4.90 Å². The van der Waals surface area contributed by atoms with Crippen LogP contribution < -0.4 is 0 Å². The van der Waals surface area contributed by atoms with Gasteiger partial charge in [0.15, 0.2) is 9.84 Å². The third-order valence-corrected chi connectivity index (χ3v) is 7.18. The number of amides is 1. The summed E-state index contributed by atoms with van der Waals surface area (Å²) >= 11 is 5.96. The van der Waals surface area contributed by atoms with Crippen molar-refractivity contribution in [3.05, 3.63) is 70.2 Å². The number of sulfone groups is 1. The second-order valence-corrected chi connectivity index (χ2v) is 11.1. The van der Waals surface area contributed by atoms with Crippen molar-refractivity contribution >= 4 is 27.3 Å². The lowest BCUT2D eigenvalue weighted by Gasteiger charge is -2.29. The van der Waals surface area contributed by atoms with E-state index in [9.17, 15) is 13.2 Å². The Labute approximate surface area is 172 Å². The van der Waals surface area contributed by atoms with E-state index in [1.807, 2.05) is 36.4 Å². The molecule has 4 nitrogen and oxygen atoms in total. The SMILES string of the molecule is CC(C)(C)c1ccc(C(=O)N(Cc2ccc(Cl)cc2)[C@H]2CCS(=O)(=O)C2)cc1. The number of nitrogens with zero attached hydrogens (tertiary/aromatic N) is 1. The first-order chi connectivity index (χ1) is 13.0. The predicted molar refractivity (Wildman–Crippen MR) is 114 cm³/mol. The number of benzene rings is 2. The van der Waals surface area contributed by atoms with Gasteiger partial charge in [0.1, 0.15) is 0 Å². The molecule has 2 aromatic carbocycles. The van der Waals surface area contributed by atoms with E-state index in [-0.39, 0.29) is 28.9 Å². The van der Waals surface area contributed by atoms with Crippen LogP contribution in [0.15, 0.2) is 48.5 Å². The van der Waals surface area contributed by atoms with Crippen molar-refractivity contribution in [2.45, 2.75) is 45.2 Å². The highest BCUT2D eigenvalue weighted by Gasteiger charge is 2.35. The first-order valence-electron chi connectivity index (χ1n) is 9.41. The number of halogens is 1. The van der Waals surface area contributed by atoms with E-state index in [1.165, 1.54) is 0 Å². The highest BCUT2D eigenvalue weighted by atomic mass is 35.5. The average Bonchev–Trinajstić information content (AvgIpc) is 2.99. The number of hydrogen-bond donors (Lipinski definition) is 0. The summed E-state index contributed by atoms with van der Waals surface area (Å²) < 4.78 is 24.0. The molecule has 2 aromatic rings. The molecule has 1 amide bonds. The Balaban J connectivity index is 1.89. The summed E-state index contributed by atoms with van der Waals surface area (Å²) in [6.07, 6.45) is 0.474. The van der Waals surface area contributed by atoms with Gasteiger partial charge in [-0.3, -0.25) is 4.79 Å². The quantitative estimate of drug-likeness (QED) is 0.734. The largest absolute Gasteiger partial charge is 0.330 e. The number of hydrogen-bond acceptors (Lipinski definition) is 3. The average molecular weight is 420 g/mol. The van der Waals surface area contributed by atoms with Gasteiger partial charge in [0.25, 0.3) is 5.91 Å². The van der Waals surface area contributed by atoms with Crippen LogP contribution in [0.5, 0.6) is 0 Å². The molecule has 0 aliphatic carbocycles. The predicted octanol–water partition coefficient (Wildman–Crippen LogP) is 4.47. The molecular weight excluding hydrogens is 394 g/mol. The first kappa shape index (κ1) is 20.9. The number of rotatable bonds is 4. The van der Waals surface area contributed by atoms with Crippen LogP contribution in [0, 0.1) is 0 Å². The number of carbonyl (C=O) groups is 1. The highest BCUT2D eigenvalue weighted by Crippen LogP contribution is 2.25.